The number of rotatable bonds is 3. The number of sulfonamides is 1. The average molecular weight is 325 g/mol. The van der Waals surface area contributed by atoms with Gasteiger partial charge in [0, 0.05) is 24.2 Å². The molecule has 0 aromatic heterocycles. The van der Waals surface area contributed by atoms with E-state index in [1.807, 2.05) is 6.92 Å². The summed E-state index contributed by atoms with van der Waals surface area (Å²) in [7, 11) is -3.43. The molecule has 4 nitrogen and oxygen atoms in total. The summed E-state index contributed by atoms with van der Waals surface area (Å²) < 4.78 is 26.3. The molecular weight excluding hydrogens is 307 g/mol. The Balaban J connectivity index is 0.00000180. The molecule has 0 spiro atoms. The predicted molar refractivity (Wildman–Crippen MR) is 79.2 cm³/mol. The Hall–Kier alpha value is -0.330. The van der Waals surface area contributed by atoms with Crippen molar-refractivity contribution >= 4 is 34.0 Å². The normalized spacial score (nSPS) is 21.9. The van der Waals surface area contributed by atoms with E-state index in [0.29, 0.717) is 18.1 Å². The van der Waals surface area contributed by atoms with Gasteiger partial charge in [0.25, 0.3) is 0 Å². The maximum Gasteiger partial charge on any atom is 0.243 e. The SMILES string of the molecule is CC(N)C1CCN(S(=O)(=O)c2cccc(Cl)c2)C1.Cl. The van der Waals surface area contributed by atoms with Gasteiger partial charge in [-0.1, -0.05) is 17.7 Å². The van der Waals surface area contributed by atoms with Crippen molar-refractivity contribution in [3.8, 4) is 0 Å². The molecule has 0 aliphatic carbocycles. The lowest BCUT2D eigenvalue weighted by atomic mass is 10.0. The van der Waals surface area contributed by atoms with Gasteiger partial charge >= 0.3 is 0 Å². The molecule has 0 amide bonds. The van der Waals surface area contributed by atoms with Gasteiger partial charge in [-0.05, 0) is 37.5 Å². The molecular formula is C12H18Cl2N2O2S. The molecule has 1 fully saturated rings. The number of benzene rings is 1. The Morgan fingerprint density at radius 1 is 1.47 bits per heavy atom. The highest BCUT2D eigenvalue weighted by Gasteiger charge is 2.33. The minimum Gasteiger partial charge on any atom is -0.328 e. The third-order valence-corrected chi connectivity index (χ3v) is 5.46. The molecule has 1 aliphatic rings. The van der Waals surface area contributed by atoms with Crippen LogP contribution < -0.4 is 5.73 Å². The maximum absolute atomic E-state index is 12.4. The number of hydrogen-bond donors (Lipinski definition) is 1. The van der Waals surface area contributed by atoms with Crippen LogP contribution in [0.15, 0.2) is 29.2 Å². The first kappa shape index (κ1) is 16.7. The van der Waals surface area contributed by atoms with Crippen LogP contribution in [0.3, 0.4) is 0 Å². The van der Waals surface area contributed by atoms with Crippen molar-refractivity contribution in [3.63, 3.8) is 0 Å². The van der Waals surface area contributed by atoms with E-state index in [-0.39, 0.29) is 29.3 Å². The van der Waals surface area contributed by atoms with Crippen LogP contribution in [0.2, 0.25) is 5.02 Å². The molecule has 0 bridgehead atoms. The van der Waals surface area contributed by atoms with Crippen molar-refractivity contribution < 1.29 is 8.42 Å². The summed E-state index contributed by atoms with van der Waals surface area (Å²) in [5, 5.41) is 0.430. The molecule has 19 heavy (non-hydrogen) atoms. The van der Waals surface area contributed by atoms with E-state index in [1.54, 1.807) is 18.2 Å². The van der Waals surface area contributed by atoms with E-state index in [4.69, 9.17) is 17.3 Å². The molecule has 1 saturated heterocycles. The van der Waals surface area contributed by atoms with E-state index in [2.05, 4.69) is 0 Å². The molecule has 0 radical (unpaired) electrons. The molecule has 108 valence electrons. The zero-order valence-electron chi connectivity index (χ0n) is 10.6. The Morgan fingerprint density at radius 3 is 2.68 bits per heavy atom. The van der Waals surface area contributed by atoms with Crippen molar-refractivity contribution in [2.75, 3.05) is 13.1 Å². The van der Waals surface area contributed by atoms with Crippen molar-refractivity contribution in [1.29, 1.82) is 0 Å². The Kier molecular flexibility index (Phi) is 5.65. The standard InChI is InChI=1S/C12H17ClN2O2S.ClH/c1-9(14)10-5-6-15(8-10)18(16,17)12-4-2-3-11(13)7-12;/h2-4,7,9-10H,5-6,8,14H2,1H3;1H. The van der Waals surface area contributed by atoms with Crippen LogP contribution in [0.5, 0.6) is 0 Å². The molecule has 1 aromatic carbocycles. The highest BCUT2D eigenvalue weighted by Crippen LogP contribution is 2.26. The first-order valence-electron chi connectivity index (χ1n) is 5.92. The van der Waals surface area contributed by atoms with Crippen LogP contribution in [0.1, 0.15) is 13.3 Å². The number of nitrogens with two attached hydrogens (primary N) is 1. The van der Waals surface area contributed by atoms with Gasteiger partial charge in [-0.15, -0.1) is 12.4 Å². The number of halogens is 2. The largest absolute Gasteiger partial charge is 0.328 e. The fourth-order valence-electron chi connectivity index (χ4n) is 2.18. The van der Waals surface area contributed by atoms with Gasteiger partial charge in [0.05, 0.1) is 4.90 Å². The Labute approximate surface area is 125 Å². The number of hydrogen-bond acceptors (Lipinski definition) is 3. The maximum atomic E-state index is 12.4. The van der Waals surface area contributed by atoms with Crippen molar-refractivity contribution in [2.45, 2.75) is 24.3 Å². The molecule has 2 unspecified atom stereocenters. The molecule has 7 heteroatoms. The van der Waals surface area contributed by atoms with Crippen LogP contribution in [0.25, 0.3) is 0 Å². The molecule has 1 aromatic rings. The zero-order chi connectivity index (χ0) is 13.3. The van der Waals surface area contributed by atoms with Crippen molar-refractivity contribution in [1.82, 2.24) is 4.31 Å². The van der Waals surface area contributed by atoms with Gasteiger partial charge in [-0.3, -0.25) is 0 Å². The topological polar surface area (TPSA) is 63.4 Å². The van der Waals surface area contributed by atoms with Gasteiger partial charge < -0.3 is 5.73 Å². The fourth-order valence-corrected chi connectivity index (χ4v) is 3.99. The lowest BCUT2D eigenvalue weighted by Gasteiger charge is -2.18. The fraction of sp³-hybridized carbons (Fsp3) is 0.500. The van der Waals surface area contributed by atoms with Gasteiger partial charge in [0.1, 0.15) is 0 Å². The van der Waals surface area contributed by atoms with Crippen LogP contribution in [0, 0.1) is 5.92 Å². The van der Waals surface area contributed by atoms with Gasteiger partial charge in [-0.2, -0.15) is 4.31 Å². The first-order valence-corrected chi connectivity index (χ1v) is 7.74. The highest BCUT2D eigenvalue weighted by atomic mass is 35.5. The molecule has 1 heterocycles. The Bertz CT molecular complexity index is 534. The van der Waals surface area contributed by atoms with Crippen molar-refractivity contribution in [3.05, 3.63) is 29.3 Å². The van der Waals surface area contributed by atoms with Crippen LogP contribution in [-0.4, -0.2) is 31.9 Å². The smallest absolute Gasteiger partial charge is 0.243 e. The Morgan fingerprint density at radius 2 is 2.16 bits per heavy atom. The predicted octanol–water partition coefficient (Wildman–Crippen LogP) is 2.12. The second kappa shape index (κ2) is 6.41. The summed E-state index contributed by atoms with van der Waals surface area (Å²) in [6.07, 6.45) is 0.817. The van der Waals surface area contributed by atoms with Crippen LogP contribution >= 0.6 is 24.0 Å². The van der Waals surface area contributed by atoms with E-state index in [0.717, 1.165) is 6.42 Å². The quantitative estimate of drug-likeness (QED) is 0.926. The van der Waals surface area contributed by atoms with Crippen LogP contribution in [0.4, 0.5) is 0 Å². The minimum absolute atomic E-state index is 0. The number of nitrogens with zero attached hydrogens (tertiary/aromatic N) is 1. The highest BCUT2D eigenvalue weighted by molar-refractivity contribution is 7.89. The molecule has 0 saturated carbocycles. The van der Waals surface area contributed by atoms with Crippen molar-refractivity contribution in [2.24, 2.45) is 11.7 Å². The summed E-state index contributed by atoms with van der Waals surface area (Å²) in [5.74, 6) is 0.235. The molecule has 1 aliphatic heterocycles. The van der Waals surface area contributed by atoms with Gasteiger partial charge in [0.2, 0.25) is 10.0 Å². The monoisotopic (exact) mass is 324 g/mol. The van der Waals surface area contributed by atoms with E-state index in [9.17, 15) is 8.42 Å². The van der Waals surface area contributed by atoms with Gasteiger partial charge in [-0.25, -0.2) is 8.42 Å². The van der Waals surface area contributed by atoms with E-state index >= 15 is 0 Å². The first-order chi connectivity index (χ1) is 8.41. The minimum atomic E-state index is -3.43. The summed E-state index contributed by atoms with van der Waals surface area (Å²) in [5.41, 5.74) is 5.82. The second-order valence-electron chi connectivity index (χ2n) is 4.73. The third kappa shape index (κ3) is 3.61. The summed E-state index contributed by atoms with van der Waals surface area (Å²) in [6, 6.07) is 6.38. The molecule has 2 rings (SSSR count). The second-order valence-corrected chi connectivity index (χ2v) is 7.10. The van der Waals surface area contributed by atoms with Gasteiger partial charge in [0.15, 0.2) is 0 Å². The van der Waals surface area contributed by atoms with E-state index < -0.39 is 10.0 Å². The summed E-state index contributed by atoms with van der Waals surface area (Å²) in [4.78, 5) is 0.250. The third-order valence-electron chi connectivity index (χ3n) is 3.36. The molecule has 2 atom stereocenters. The zero-order valence-corrected chi connectivity index (χ0v) is 13.0. The summed E-state index contributed by atoms with van der Waals surface area (Å²) >= 11 is 5.83. The molecule has 2 N–H and O–H groups in total. The average Bonchev–Trinajstić information content (AvgIpc) is 2.79. The van der Waals surface area contributed by atoms with E-state index in [1.165, 1.54) is 10.4 Å². The summed E-state index contributed by atoms with van der Waals surface area (Å²) in [6.45, 7) is 2.94. The lowest BCUT2D eigenvalue weighted by molar-refractivity contribution is 0.429. The lowest BCUT2D eigenvalue weighted by Crippen LogP contribution is -2.33. The van der Waals surface area contributed by atoms with Crippen LogP contribution in [-0.2, 0) is 10.0 Å².